The van der Waals surface area contributed by atoms with Gasteiger partial charge in [0.2, 0.25) is 0 Å². The van der Waals surface area contributed by atoms with Crippen molar-refractivity contribution in [2.24, 2.45) is 0 Å². The van der Waals surface area contributed by atoms with E-state index in [-0.39, 0.29) is 10.6 Å². The van der Waals surface area contributed by atoms with Gasteiger partial charge in [0.1, 0.15) is 5.82 Å². The summed E-state index contributed by atoms with van der Waals surface area (Å²) in [6, 6.07) is 7.29. The molecule has 0 unspecified atom stereocenters. The summed E-state index contributed by atoms with van der Waals surface area (Å²) in [5, 5.41) is 8.91. The van der Waals surface area contributed by atoms with E-state index in [1.165, 1.54) is 18.2 Å². The molecule has 0 amide bonds. The van der Waals surface area contributed by atoms with Crippen LogP contribution in [0.15, 0.2) is 30.3 Å². The van der Waals surface area contributed by atoms with E-state index in [0.29, 0.717) is 17.0 Å². The standard InChI is InChI=1S/C13H9ClFNO2/c1-7-9(13(17)18)3-5-12(16-7)8-2-4-11(15)10(14)6-8/h2-6H,1H3,(H,17,18). The van der Waals surface area contributed by atoms with Crippen molar-refractivity contribution in [3.05, 3.63) is 52.4 Å². The Kier molecular flexibility index (Phi) is 3.30. The number of halogens is 2. The van der Waals surface area contributed by atoms with Crippen LogP contribution < -0.4 is 0 Å². The van der Waals surface area contributed by atoms with E-state index < -0.39 is 11.8 Å². The van der Waals surface area contributed by atoms with Crippen LogP contribution in [0.4, 0.5) is 4.39 Å². The highest BCUT2D eigenvalue weighted by Crippen LogP contribution is 2.24. The number of nitrogens with zero attached hydrogens (tertiary/aromatic N) is 1. The average Bonchev–Trinajstić information content (AvgIpc) is 2.32. The Bertz CT molecular complexity index is 628. The van der Waals surface area contributed by atoms with Crippen molar-refractivity contribution in [1.29, 1.82) is 0 Å². The van der Waals surface area contributed by atoms with Gasteiger partial charge in [-0.3, -0.25) is 4.98 Å². The molecule has 0 atom stereocenters. The van der Waals surface area contributed by atoms with Crippen LogP contribution in [-0.4, -0.2) is 16.1 Å². The van der Waals surface area contributed by atoms with Crippen molar-refractivity contribution in [2.75, 3.05) is 0 Å². The number of rotatable bonds is 2. The van der Waals surface area contributed by atoms with E-state index in [2.05, 4.69) is 4.98 Å². The van der Waals surface area contributed by atoms with Gasteiger partial charge in [0.15, 0.2) is 0 Å². The zero-order valence-electron chi connectivity index (χ0n) is 9.45. The Hall–Kier alpha value is -1.94. The van der Waals surface area contributed by atoms with Crippen LogP contribution in [0.25, 0.3) is 11.3 Å². The number of benzene rings is 1. The van der Waals surface area contributed by atoms with Crippen LogP contribution in [0.3, 0.4) is 0 Å². The predicted octanol–water partition coefficient (Wildman–Crippen LogP) is 3.55. The van der Waals surface area contributed by atoms with Crippen molar-refractivity contribution in [3.63, 3.8) is 0 Å². The van der Waals surface area contributed by atoms with Crippen LogP contribution in [0.1, 0.15) is 16.1 Å². The number of pyridine rings is 1. The second kappa shape index (κ2) is 4.74. The number of aryl methyl sites for hydroxylation is 1. The Morgan fingerprint density at radius 1 is 1.33 bits per heavy atom. The molecule has 1 aromatic heterocycles. The molecule has 1 heterocycles. The average molecular weight is 266 g/mol. The third kappa shape index (κ3) is 2.33. The van der Waals surface area contributed by atoms with E-state index in [9.17, 15) is 9.18 Å². The summed E-state index contributed by atoms with van der Waals surface area (Å²) >= 11 is 5.69. The molecule has 3 nitrogen and oxygen atoms in total. The molecule has 0 radical (unpaired) electrons. The lowest BCUT2D eigenvalue weighted by molar-refractivity contribution is 0.0695. The molecule has 2 aromatic rings. The summed E-state index contributed by atoms with van der Waals surface area (Å²) in [5.41, 5.74) is 1.74. The highest BCUT2D eigenvalue weighted by Gasteiger charge is 2.10. The summed E-state index contributed by atoms with van der Waals surface area (Å²) in [6.45, 7) is 1.61. The highest BCUT2D eigenvalue weighted by atomic mass is 35.5. The smallest absolute Gasteiger partial charge is 0.337 e. The second-order valence-electron chi connectivity index (χ2n) is 3.76. The highest BCUT2D eigenvalue weighted by molar-refractivity contribution is 6.31. The van der Waals surface area contributed by atoms with Crippen LogP contribution in [0, 0.1) is 12.7 Å². The van der Waals surface area contributed by atoms with Crippen molar-refractivity contribution in [2.45, 2.75) is 6.92 Å². The zero-order chi connectivity index (χ0) is 13.3. The molecule has 0 aliphatic heterocycles. The maximum Gasteiger partial charge on any atom is 0.337 e. The van der Waals surface area contributed by atoms with Gasteiger partial charge in [-0.05, 0) is 37.3 Å². The predicted molar refractivity (Wildman–Crippen MR) is 66.3 cm³/mol. The van der Waals surface area contributed by atoms with Gasteiger partial charge in [-0.25, -0.2) is 9.18 Å². The lowest BCUT2D eigenvalue weighted by atomic mass is 10.1. The quantitative estimate of drug-likeness (QED) is 0.903. The largest absolute Gasteiger partial charge is 0.478 e. The number of hydrogen-bond acceptors (Lipinski definition) is 2. The molecule has 0 aliphatic carbocycles. The van der Waals surface area contributed by atoms with Crippen molar-refractivity contribution < 1.29 is 14.3 Å². The molecule has 1 N–H and O–H groups in total. The molecular formula is C13H9ClFNO2. The van der Waals surface area contributed by atoms with Gasteiger partial charge in [0.05, 0.1) is 22.0 Å². The van der Waals surface area contributed by atoms with E-state index in [0.717, 1.165) is 0 Å². The molecule has 92 valence electrons. The third-order valence-corrected chi connectivity index (χ3v) is 2.82. The van der Waals surface area contributed by atoms with E-state index in [4.69, 9.17) is 16.7 Å². The number of carboxylic acid groups (broad SMARTS) is 1. The Morgan fingerprint density at radius 3 is 2.61 bits per heavy atom. The SMILES string of the molecule is Cc1nc(-c2ccc(F)c(Cl)c2)ccc1C(=O)O. The van der Waals surface area contributed by atoms with Crippen LogP contribution in [-0.2, 0) is 0 Å². The van der Waals surface area contributed by atoms with Gasteiger partial charge in [0.25, 0.3) is 0 Å². The van der Waals surface area contributed by atoms with E-state index in [1.54, 1.807) is 19.1 Å². The van der Waals surface area contributed by atoms with Gasteiger partial charge < -0.3 is 5.11 Å². The Balaban J connectivity index is 2.48. The molecule has 0 aliphatic rings. The van der Waals surface area contributed by atoms with Gasteiger partial charge in [0, 0.05) is 5.56 Å². The summed E-state index contributed by atoms with van der Waals surface area (Å²) < 4.78 is 13.0. The Morgan fingerprint density at radius 2 is 2.06 bits per heavy atom. The summed E-state index contributed by atoms with van der Waals surface area (Å²) in [7, 11) is 0. The lowest BCUT2D eigenvalue weighted by Gasteiger charge is -2.05. The molecule has 0 fully saturated rings. The minimum absolute atomic E-state index is 0.00858. The molecule has 2 rings (SSSR count). The topological polar surface area (TPSA) is 50.2 Å². The maximum absolute atomic E-state index is 13.0. The molecule has 0 saturated heterocycles. The Labute approximate surface area is 108 Å². The minimum atomic E-state index is -1.02. The molecule has 0 saturated carbocycles. The van der Waals surface area contributed by atoms with Crippen LogP contribution in [0.5, 0.6) is 0 Å². The van der Waals surface area contributed by atoms with Crippen LogP contribution >= 0.6 is 11.6 Å². The maximum atomic E-state index is 13.0. The van der Waals surface area contributed by atoms with Crippen molar-refractivity contribution in [3.8, 4) is 11.3 Å². The van der Waals surface area contributed by atoms with Gasteiger partial charge in [-0.1, -0.05) is 11.6 Å². The molecular weight excluding hydrogens is 257 g/mol. The summed E-state index contributed by atoms with van der Waals surface area (Å²) in [4.78, 5) is 15.0. The normalized spacial score (nSPS) is 10.4. The van der Waals surface area contributed by atoms with Crippen molar-refractivity contribution >= 4 is 17.6 Å². The fourth-order valence-corrected chi connectivity index (χ4v) is 1.78. The fraction of sp³-hybridized carbons (Fsp3) is 0.0769. The number of hydrogen-bond donors (Lipinski definition) is 1. The number of aromatic carboxylic acids is 1. The molecule has 0 bridgehead atoms. The second-order valence-corrected chi connectivity index (χ2v) is 4.17. The zero-order valence-corrected chi connectivity index (χ0v) is 10.2. The minimum Gasteiger partial charge on any atom is -0.478 e. The number of aromatic nitrogens is 1. The first kappa shape index (κ1) is 12.5. The van der Waals surface area contributed by atoms with Crippen molar-refractivity contribution in [1.82, 2.24) is 4.98 Å². The molecule has 0 spiro atoms. The van der Waals surface area contributed by atoms with Gasteiger partial charge >= 0.3 is 5.97 Å². The molecule has 18 heavy (non-hydrogen) atoms. The summed E-state index contributed by atoms with van der Waals surface area (Å²) in [5.74, 6) is -1.53. The number of carbonyl (C=O) groups is 1. The first-order chi connectivity index (χ1) is 8.49. The summed E-state index contributed by atoms with van der Waals surface area (Å²) in [6.07, 6.45) is 0. The fourth-order valence-electron chi connectivity index (χ4n) is 1.60. The number of carboxylic acids is 1. The van der Waals surface area contributed by atoms with Crippen LogP contribution in [0.2, 0.25) is 5.02 Å². The van der Waals surface area contributed by atoms with E-state index >= 15 is 0 Å². The van der Waals surface area contributed by atoms with Gasteiger partial charge in [-0.15, -0.1) is 0 Å². The monoisotopic (exact) mass is 265 g/mol. The third-order valence-electron chi connectivity index (χ3n) is 2.53. The first-order valence-corrected chi connectivity index (χ1v) is 5.53. The van der Waals surface area contributed by atoms with E-state index in [1.807, 2.05) is 0 Å². The molecule has 5 heteroatoms. The molecule has 1 aromatic carbocycles. The lowest BCUT2D eigenvalue weighted by Crippen LogP contribution is -2.02. The first-order valence-electron chi connectivity index (χ1n) is 5.15. The van der Waals surface area contributed by atoms with Gasteiger partial charge in [-0.2, -0.15) is 0 Å².